The van der Waals surface area contributed by atoms with Gasteiger partial charge in [0, 0.05) is 12.8 Å². The number of aliphatic hydroxyl groups is 2. The summed E-state index contributed by atoms with van der Waals surface area (Å²) >= 11 is 0. The van der Waals surface area contributed by atoms with E-state index in [1.807, 2.05) is 24.3 Å². The molecular weight excluding hydrogens is 862 g/mol. The normalized spacial score (nSPS) is 15.4. The molecule has 0 amide bonds. The second kappa shape index (κ2) is 42.4. The fraction of sp³-hybridized carbons (Fsp3) is 0.583. The van der Waals surface area contributed by atoms with Gasteiger partial charge in [-0.05, 0) is 96.3 Å². The minimum absolute atomic E-state index is 0.0262. The molecule has 4 atom stereocenters. The molecule has 0 spiro atoms. The Labute approximate surface area is 383 Å². The van der Waals surface area contributed by atoms with Gasteiger partial charge >= 0.3 is 27.6 Å². The molecular formula is C48H78O14P2. The molecule has 16 heteroatoms. The highest BCUT2D eigenvalue weighted by molar-refractivity contribution is 7.47. The molecule has 364 valence electrons. The standard InChI is InChI=1S/C48H78O14P2/c1-3-5-6-7-8-9-10-11-12-13-14-15-16-19-22-25-28-31-34-38-47(51)58-42-46(43-61-64(56,57)60-41-45(50)40-59-63(53,54)55)62-48(52)39-35-32-29-26-23-20-17-18-21-24-27-30-33-37-44(49)36-4-2/h5-6,8-9,11-12,14-15,17,19-22,24,26,29-30,33,44-46,49-50H,3-4,7,10,13,16,18,23,25,27-28,31-32,34-43H2,1-2H3,(H,56,57)(H2,53,54,55)/b6-5-,9-8-,12-11-,15-14-,20-17-,22-19-,24-21-,29-26-,33-30-/t44?,45-,46+/m0/s1. The van der Waals surface area contributed by atoms with Crippen LogP contribution in [-0.4, -0.2) is 81.6 Å². The van der Waals surface area contributed by atoms with Crippen molar-refractivity contribution in [3.8, 4) is 0 Å². The maximum absolute atomic E-state index is 12.7. The van der Waals surface area contributed by atoms with Crippen LogP contribution in [0.25, 0.3) is 0 Å². The van der Waals surface area contributed by atoms with Crippen LogP contribution >= 0.6 is 15.6 Å². The number of ether oxygens (including phenoxy) is 2. The number of carbonyl (C=O) groups is 2. The molecule has 0 aromatic rings. The quantitative estimate of drug-likeness (QED) is 0.0167. The number of esters is 2. The molecule has 0 saturated heterocycles. The first-order valence-corrected chi connectivity index (χ1v) is 25.7. The largest absolute Gasteiger partial charge is 0.472 e. The third kappa shape index (κ3) is 45.3. The lowest BCUT2D eigenvalue weighted by atomic mass is 10.1. The van der Waals surface area contributed by atoms with Gasteiger partial charge in [-0.3, -0.25) is 23.2 Å². The summed E-state index contributed by atoms with van der Waals surface area (Å²) in [6, 6.07) is 0. The van der Waals surface area contributed by atoms with Crippen molar-refractivity contribution < 1.29 is 66.7 Å². The van der Waals surface area contributed by atoms with E-state index in [-0.39, 0.29) is 18.9 Å². The van der Waals surface area contributed by atoms with Crippen LogP contribution in [-0.2, 0) is 41.8 Å². The van der Waals surface area contributed by atoms with Crippen LogP contribution in [0.2, 0.25) is 0 Å². The lowest BCUT2D eigenvalue weighted by molar-refractivity contribution is -0.161. The summed E-state index contributed by atoms with van der Waals surface area (Å²) in [4.78, 5) is 52.7. The van der Waals surface area contributed by atoms with Crippen LogP contribution in [0.3, 0.4) is 0 Å². The Bertz CT molecular complexity index is 1560. The topological polar surface area (TPSA) is 216 Å². The van der Waals surface area contributed by atoms with Crippen LogP contribution in [0.1, 0.15) is 136 Å². The summed E-state index contributed by atoms with van der Waals surface area (Å²) in [6.07, 6.45) is 48.6. The molecule has 0 aliphatic rings. The molecule has 0 radical (unpaired) electrons. The van der Waals surface area contributed by atoms with Gasteiger partial charge in [0.15, 0.2) is 6.10 Å². The maximum atomic E-state index is 12.7. The van der Waals surface area contributed by atoms with Gasteiger partial charge in [-0.2, -0.15) is 0 Å². The van der Waals surface area contributed by atoms with Gasteiger partial charge < -0.3 is 34.4 Å². The summed E-state index contributed by atoms with van der Waals surface area (Å²) in [7, 11) is -9.73. The number of allylic oxidation sites excluding steroid dienone is 17. The van der Waals surface area contributed by atoms with Crippen molar-refractivity contribution in [3.63, 3.8) is 0 Å². The number of rotatable bonds is 41. The van der Waals surface area contributed by atoms with E-state index < -0.39 is 66.2 Å². The molecule has 0 aromatic carbocycles. The first kappa shape index (κ1) is 60.7. The van der Waals surface area contributed by atoms with E-state index in [2.05, 4.69) is 108 Å². The molecule has 0 aromatic heterocycles. The second-order valence-corrected chi connectivity index (χ2v) is 17.5. The van der Waals surface area contributed by atoms with Gasteiger partial charge in [-0.15, -0.1) is 0 Å². The van der Waals surface area contributed by atoms with Crippen LogP contribution < -0.4 is 0 Å². The molecule has 5 N–H and O–H groups in total. The zero-order chi connectivity index (χ0) is 47.4. The zero-order valence-corrected chi connectivity index (χ0v) is 40.0. The minimum Gasteiger partial charge on any atom is -0.462 e. The highest BCUT2D eigenvalue weighted by atomic mass is 31.2. The van der Waals surface area contributed by atoms with Crippen LogP contribution in [0.4, 0.5) is 0 Å². The van der Waals surface area contributed by atoms with Crippen molar-refractivity contribution in [3.05, 3.63) is 109 Å². The van der Waals surface area contributed by atoms with Crippen molar-refractivity contribution in [2.75, 3.05) is 26.4 Å². The van der Waals surface area contributed by atoms with E-state index >= 15 is 0 Å². The maximum Gasteiger partial charge on any atom is 0.472 e. The van der Waals surface area contributed by atoms with E-state index in [9.17, 15) is 33.8 Å². The SMILES string of the molecule is CC/C=C\C/C=C\C/C=C\C/C=C\C/C=C\CCCCCC(=O)OC[C@H](COP(=O)(O)OC[C@@H](O)COP(=O)(O)O)OC(=O)CCC/C=C\C/C=C\C/C=C\C/C=C\CC(O)CCC. The fourth-order valence-corrected chi connectivity index (χ4v) is 6.48. The first-order valence-electron chi connectivity index (χ1n) is 22.7. The predicted molar refractivity (Wildman–Crippen MR) is 254 cm³/mol. The van der Waals surface area contributed by atoms with Gasteiger partial charge in [-0.1, -0.05) is 136 Å². The van der Waals surface area contributed by atoms with E-state index in [4.69, 9.17) is 23.8 Å². The number of aliphatic hydroxyl groups excluding tert-OH is 2. The molecule has 64 heavy (non-hydrogen) atoms. The lowest BCUT2D eigenvalue weighted by Gasteiger charge is -2.20. The van der Waals surface area contributed by atoms with Crippen molar-refractivity contribution in [1.29, 1.82) is 0 Å². The monoisotopic (exact) mass is 940 g/mol. The highest BCUT2D eigenvalue weighted by Crippen LogP contribution is 2.43. The molecule has 2 unspecified atom stereocenters. The molecule has 0 aliphatic carbocycles. The van der Waals surface area contributed by atoms with Crippen molar-refractivity contribution >= 4 is 27.6 Å². The predicted octanol–water partition coefficient (Wildman–Crippen LogP) is 10.9. The van der Waals surface area contributed by atoms with Gasteiger partial charge in [-0.25, -0.2) is 9.13 Å². The van der Waals surface area contributed by atoms with Crippen molar-refractivity contribution in [1.82, 2.24) is 0 Å². The molecule has 0 aliphatic heterocycles. The smallest absolute Gasteiger partial charge is 0.462 e. The van der Waals surface area contributed by atoms with Crippen LogP contribution in [0.15, 0.2) is 109 Å². The zero-order valence-electron chi connectivity index (χ0n) is 38.2. The van der Waals surface area contributed by atoms with Gasteiger partial charge in [0.25, 0.3) is 0 Å². The number of hydrogen-bond donors (Lipinski definition) is 5. The number of hydrogen-bond acceptors (Lipinski definition) is 11. The van der Waals surface area contributed by atoms with Crippen LogP contribution in [0, 0.1) is 0 Å². The van der Waals surface area contributed by atoms with Crippen molar-refractivity contribution in [2.24, 2.45) is 0 Å². The Morgan fingerprint density at radius 1 is 0.500 bits per heavy atom. The molecule has 0 heterocycles. The van der Waals surface area contributed by atoms with E-state index in [0.717, 1.165) is 83.5 Å². The number of carbonyl (C=O) groups excluding carboxylic acids is 2. The summed E-state index contributed by atoms with van der Waals surface area (Å²) in [5.41, 5.74) is 0. The third-order valence-electron chi connectivity index (χ3n) is 8.69. The lowest BCUT2D eigenvalue weighted by Crippen LogP contribution is -2.29. The van der Waals surface area contributed by atoms with Gasteiger partial charge in [0.2, 0.25) is 0 Å². The Morgan fingerprint density at radius 2 is 0.953 bits per heavy atom. The van der Waals surface area contributed by atoms with Crippen LogP contribution in [0.5, 0.6) is 0 Å². The van der Waals surface area contributed by atoms with E-state index in [1.54, 1.807) is 0 Å². The highest BCUT2D eigenvalue weighted by Gasteiger charge is 2.28. The summed E-state index contributed by atoms with van der Waals surface area (Å²) in [5, 5.41) is 19.5. The Kier molecular flexibility index (Phi) is 40.2. The van der Waals surface area contributed by atoms with E-state index in [1.165, 1.54) is 0 Å². The third-order valence-corrected chi connectivity index (χ3v) is 10.1. The van der Waals surface area contributed by atoms with Gasteiger partial charge in [0.05, 0.1) is 25.9 Å². The number of unbranched alkanes of at least 4 members (excludes halogenated alkanes) is 4. The summed E-state index contributed by atoms with van der Waals surface area (Å²) in [6.45, 7) is 1.32. The molecule has 0 rings (SSSR count). The Balaban J connectivity index is 4.69. The van der Waals surface area contributed by atoms with Crippen molar-refractivity contribution in [2.45, 2.75) is 154 Å². The molecule has 0 bridgehead atoms. The van der Waals surface area contributed by atoms with E-state index in [0.29, 0.717) is 25.7 Å². The molecule has 14 nitrogen and oxygen atoms in total. The Morgan fingerprint density at radius 3 is 1.47 bits per heavy atom. The fourth-order valence-electron chi connectivity index (χ4n) is 5.32. The van der Waals surface area contributed by atoms with Gasteiger partial charge in [0.1, 0.15) is 12.7 Å². The Hall–Kier alpha value is -3.26. The average molecular weight is 941 g/mol. The average Bonchev–Trinajstić information content (AvgIpc) is 3.25. The minimum atomic E-state index is -4.88. The number of phosphoric acid groups is 2. The second-order valence-electron chi connectivity index (χ2n) is 14.8. The molecule has 0 fully saturated rings. The summed E-state index contributed by atoms with van der Waals surface area (Å²) in [5.74, 6) is -1.17. The summed E-state index contributed by atoms with van der Waals surface area (Å²) < 4.78 is 47.7. The number of phosphoric ester groups is 2. The first-order chi connectivity index (χ1) is 30.8. The molecule has 0 saturated carbocycles.